The van der Waals surface area contributed by atoms with Crippen molar-refractivity contribution in [3.63, 3.8) is 0 Å². The first-order valence-corrected chi connectivity index (χ1v) is 6.25. The molecule has 1 amide bonds. The third-order valence-corrected chi connectivity index (χ3v) is 3.36. The van der Waals surface area contributed by atoms with Gasteiger partial charge in [0.15, 0.2) is 0 Å². The first-order chi connectivity index (χ1) is 9.65. The van der Waals surface area contributed by atoms with E-state index in [1.54, 1.807) is 12.3 Å². The van der Waals surface area contributed by atoms with Gasteiger partial charge in [-0.25, -0.2) is 4.79 Å². The maximum absolute atomic E-state index is 11.3. The van der Waals surface area contributed by atoms with Gasteiger partial charge in [0, 0.05) is 24.5 Å². The number of carbonyl (C=O) groups excluding carboxylic acids is 1. The van der Waals surface area contributed by atoms with Gasteiger partial charge in [-0.2, -0.15) is 0 Å². The van der Waals surface area contributed by atoms with Gasteiger partial charge in [-0.3, -0.25) is 9.78 Å². The van der Waals surface area contributed by atoms with E-state index >= 15 is 0 Å². The Labute approximate surface area is 115 Å². The van der Waals surface area contributed by atoms with E-state index in [0.717, 1.165) is 16.8 Å². The molecule has 20 heavy (non-hydrogen) atoms. The molecule has 0 bridgehead atoms. The minimum absolute atomic E-state index is 0.0142. The van der Waals surface area contributed by atoms with Crippen LogP contribution in [0.4, 0.5) is 5.69 Å². The summed E-state index contributed by atoms with van der Waals surface area (Å²) in [5.41, 5.74) is 3.45. The Morgan fingerprint density at radius 2 is 2.10 bits per heavy atom. The van der Waals surface area contributed by atoms with Crippen LogP contribution in [0.5, 0.6) is 0 Å². The largest absolute Gasteiger partial charge is 0.478 e. The quantitative estimate of drug-likeness (QED) is 0.876. The van der Waals surface area contributed by atoms with E-state index in [1.165, 1.54) is 6.20 Å². The molecule has 2 N–H and O–H groups in total. The van der Waals surface area contributed by atoms with E-state index in [2.05, 4.69) is 10.3 Å². The summed E-state index contributed by atoms with van der Waals surface area (Å²) >= 11 is 0. The fraction of sp³-hybridized carbons (Fsp3) is 0.133. The van der Waals surface area contributed by atoms with Gasteiger partial charge >= 0.3 is 5.97 Å². The number of nitrogens with zero attached hydrogens (tertiary/aromatic N) is 1. The van der Waals surface area contributed by atoms with Gasteiger partial charge in [-0.15, -0.1) is 0 Å². The lowest BCUT2D eigenvalue weighted by molar-refractivity contribution is -0.116. The number of anilines is 1. The van der Waals surface area contributed by atoms with Crippen LogP contribution < -0.4 is 5.32 Å². The average Bonchev–Trinajstić information content (AvgIpc) is 2.46. The van der Waals surface area contributed by atoms with Gasteiger partial charge in [0.05, 0.1) is 5.56 Å². The molecule has 3 rings (SSSR count). The van der Waals surface area contributed by atoms with Crippen LogP contribution in [0.15, 0.2) is 36.7 Å². The number of nitrogens with one attached hydrogen (secondary N) is 1. The summed E-state index contributed by atoms with van der Waals surface area (Å²) in [5.74, 6) is -0.987. The van der Waals surface area contributed by atoms with Crippen LogP contribution in [0.25, 0.3) is 11.1 Å². The fourth-order valence-electron chi connectivity index (χ4n) is 2.37. The van der Waals surface area contributed by atoms with Crippen molar-refractivity contribution < 1.29 is 14.7 Å². The molecule has 100 valence electrons. The highest BCUT2D eigenvalue weighted by atomic mass is 16.4. The highest BCUT2D eigenvalue weighted by molar-refractivity contribution is 5.97. The second-order valence-electron chi connectivity index (χ2n) is 4.65. The average molecular weight is 268 g/mol. The SMILES string of the molecule is O=C1CCc2cc(-c3ccncc3C(=O)O)ccc2N1. The molecular formula is C15H12N2O3. The molecule has 0 saturated carbocycles. The van der Waals surface area contributed by atoms with E-state index in [1.807, 2.05) is 18.2 Å². The maximum atomic E-state index is 11.3. The Morgan fingerprint density at radius 3 is 2.90 bits per heavy atom. The van der Waals surface area contributed by atoms with E-state index < -0.39 is 5.97 Å². The highest BCUT2D eigenvalue weighted by Crippen LogP contribution is 2.30. The van der Waals surface area contributed by atoms with Crippen molar-refractivity contribution in [1.82, 2.24) is 4.98 Å². The monoisotopic (exact) mass is 268 g/mol. The Hall–Kier alpha value is -2.69. The van der Waals surface area contributed by atoms with Gasteiger partial charge in [-0.05, 0) is 41.3 Å². The molecule has 1 aromatic carbocycles. The van der Waals surface area contributed by atoms with Gasteiger partial charge in [0.25, 0.3) is 0 Å². The van der Waals surface area contributed by atoms with E-state index in [9.17, 15) is 14.7 Å². The fourth-order valence-corrected chi connectivity index (χ4v) is 2.37. The molecule has 0 atom stereocenters. The van der Waals surface area contributed by atoms with Crippen molar-refractivity contribution >= 4 is 17.6 Å². The molecule has 0 unspecified atom stereocenters. The summed E-state index contributed by atoms with van der Waals surface area (Å²) in [6, 6.07) is 7.24. The molecule has 0 radical (unpaired) electrons. The maximum Gasteiger partial charge on any atom is 0.337 e. The summed E-state index contributed by atoms with van der Waals surface area (Å²) in [6.07, 6.45) is 4.04. The minimum atomic E-state index is -1.00. The van der Waals surface area contributed by atoms with E-state index in [-0.39, 0.29) is 11.5 Å². The third-order valence-electron chi connectivity index (χ3n) is 3.36. The Morgan fingerprint density at radius 1 is 1.25 bits per heavy atom. The first kappa shape index (κ1) is 12.3. The van der Waals surface area contributed by atoms with Gasteiger partial charge in [-0.1, -0.05) is 6.07 Å². The Balaban J connectivity index is 2.08. The van der Waals surface area contributed by atoms with Crippen LogP contribution in [0, 0.1) is 0 Å². The lowest BCUT2D eigenvalue weighted by Gasteiger charge is -2.18. The summed E-state index contributed by atoms with van der Waals surface area (Å²) in [7, 11) is 0. The van der Waals surface area contributed by atoms with Crippen molar-refractivity contribution in [2.45, 2.75) is 12.8 Å². The van der Waals surface area contributed by atoms with Crippen LogP contribution in [0.3, 0.4) is 0 Å². The number of carbonyl (C=O) groups is 2. The predicted molar refractivity (Wildman–Crippen MR) is 73.6 cm³/mol. The zero-order valence-corrected chi connectivity index (χ0v) is 10.6. The molecule has 1 aliphatic heterocycles. The van der Waals surface area contributed by atoms with Gasteiger partial charge < -0.3 is 10.4 Å². The van der Waals surface area contributed by atoms with Crippen molar-refractivity contribution in [3.05, 3.63) is 47.8 Å². The Kier molecular flexibility index (Phi) is 2.95. The zero-order valence-electron chi connectivity index (χ0n) is 10.6. The summed E-state index contributed by atoms with van der Waals surface area (Å²) in [6.45, 7) is 0. The van der Waals surface area contributed by atoms with E-state index in [0.29, 0.717) is 18.4 Å². The number of hydrogen-bond acceptors (Lipinski definition) is 3. The molecule has 5 heteroatoms. The number of aromatic nitrogens is 1. The second-order valence-corrected chi connectivity index (χ2v) is 4.65. The van der Waals surface area contributed by atoms with Crippen LogP contribution in [0.2, 0.25) is 0 Å². The van der Waals surface area contributed by atoms with Crippen LogP contribution in [0.1, 0.15) is 22.3 Å². The van der Waals surface area contributed by atoms with Crippen LogP contribution in [-0.2, 0) is 11.2 Å². The van der Waals surface area contributed by atoms with Crippen molar-refractivity contribution in [3.8, 4) is 11.1 Å². The summed E-state index contributed by atoms with van der Waals surface area (Å²) < 4.78 is 0. The molecule has 5 nitrogen and oxygen atoms in total. The van der Waals surface area contributed by atoms with Crippen LogP contribution >= 0.6 is 0 Å². The smallest absolute Gasteiger partial charge is 0.337 e. The molecule has 0 fully saturated rings. The number of carboxylic acids is 1. The van der Waals surface area contributed by atoms with E-state index in [4.69, 9.17) is 0 Å². The topological polar surface area (TPSA) is 79.3 Å². The molecule has 0 aliphatic carbocycles. The lowest BCUT2D eigenvalue weighted by Crippen LogP contribution is -2.18. The normalized spacial score (nSPS) is 13.5. The third kappa shape index (κ3) is 2.14. The summed E-state index contributed by atoms with van der Waals surface area (Å²) in [5, 5.41) is 12.0. The number of fused-ring (bicyclic) bond motifs is 1. The second kappa shape index (κ2) is 4.77. The molecule has 1 aromatic heterocycles. The number of carboxylic acid groups (broad SMARTS) is 1. The molecular weight excluding hydrogens is 256 g/mol. The standard InChI is InChI=1S/C15H12N2O3/c18-14-4-2-10-7-9(1-3-13(10)17-14)11-5-6-16-8-12(11)15(19)20/h1,3,5-8H,2,4H2,(H,17,18)(H,19,20). The van der Waals surface area contributed by atoms with Crippen molar-refractivity contribution in [1.29, 1.82) is 0 Å². The molecule has 1 aliphatic rings. The molecule has 0 spiro atoms. The summed E-state index contributed by atoms with van der Waals surface area (Å²) in [4.78, 5) is 26.4. The van der Waals surface area contributed by atoms with Gasteiger partial charge in [0.1, 0.15) is 0 Å². The minimum Gasteiger partial charge on any atom is -0.478 e. The predicted octanol–water partition coefficient (Wildman–Crippen LogP) is 2.33. The van der Waals surface area contributed by atoms with Crippen molar-refractivity contribution in [2.24, 2.45) is 0 Å². The lowest BCUT2D eigenvalue weighted by atomic mass is 9.95. The number of aryl methyl sites for hydroxylation is 1. The van der Waals surface area contributed by atoms with Gasteiger partial charge in [0.2, 0.25) is 5.91 Å². The first-order valence-electron chi connectivity index (χ1n) is 6.25. The Bertz CT molecular complexity index is 710. The number of rotatable bonds is 2. The molecule has 2 aromatic rings. The number of pyridine rings is 1. The zero-order chi connectivity index (χ0) is 14.1. The van der Waals surface area contributed by atoms with Crippen LogP contribution in [-0.4, -0.2) is 22.0 Å². The number of benzene rings is 1. The number of amides is 1. The highest BCUT2D eigenvalue weighted by Gasteiger charge is 2.17. The number of aromatic carboxylic acids is 1. The number of hydrogen-bond donors (Lipinski definition) is 2. The van der Waals surface area contributed by atoms with Crippen molar-refractivity contribution in [2.75, 3.05) is 5.32 Å². The molecule has 0 saturated heterocycles. The molecule has 2 heterocycles.